The van der Waals surface area contributed by atoms with Crippen LogP contribution in [0.1, 0.15) is 48.2 Å². The maximum Gasteiger partial charge on any atom is 0.257 e. The molecule has 2 fully saturated rings. The number of rotatable bonds is 2. The standard InChI is InChI=1S/C20H25NO3/c1-14-12-15-6-3-7-16(18(15)24-14)19(22)21-11-5-10-20(13-21)9-4-8-17(20)23-2/h3,6-7,12,17H,4-5,8-11,13H2,1-2H3/t17-,20-/m1/s1. The molecule has 1 amide bonds. The molecule has 0 N–H and O–H groups in total. The number of amides is 1. The first-order valence-corrected chi connectivity index (χ1v) is 8.94. The van der Waals surface area contributed by atoms with E-state index >= 15 is 0 Å². The van der Waals surface area contributed by atoms with Crippen molar-refractivity contribution in [1.29, 1.82) is 0 Å². The fourth-order valence-electron chi connectivity index (χ4n) is 4.81. The molecule has 0 radical (unpaired) electrons. The fourth-order valence-corrected chi connectivity index (χ4v) is 4.81. The average molecular weight is 327 g/mol. The number of para-hydroxylation sites is 1. The van der Waals surface area contributed by atoms with Crippen LogP contribution in [0.25, 0.3) is 11.0 Å². The van der Waals surface area contributed by atoms with Crippen LogP contribution in [0.3, 0.4) is 0 Å². The van der Waals surface area contributed by atoms with E-state index in [-0.39, 0.29) is 17.4 Å². The second kappa shape index (κ2) is 5.92. The number of hydrogen-bond acceptors (Lipinski definition) is 3. The summed E-state index contributed by atoms with van der Waals surface area (Å²) in [5.41, 5.74) is 1.55. The van der Waals surface area contributed by atoms with Gasteiger partial charge in [-0.15, -0.1) is 0 Å². The van der Waals surface area contributed by atoms with Gasteiger partial charge in [-0.2, -0.15) is 0 Å². The Morgan fingerprint density at radius 1 is 1.33 bits per heavy atom. The lowest BCUT2D eigenvalue weighted by Crippen LogP contribution is -2.49. The quantitative estimate of drug-likeness (QED) is 0.831. The maximum absolute atomic E-state index is 13.2. The monoisotopic (exact) mass is 327 g/mol. The average Bonchev–Trinajstić information content (AvgIpc) is 3.16. The summed E-state index contributed by atoms with van der Waals surface area (Å²) in [6.45, 7) is 3.55. The van der Waals surface area contributed by atoms with Gasteiger partial charge in [0.1, 0.15) is 11.3 Å². The molecule has 2 aromatic rings. The molecule has 4 nitrogen and oxygen atoms in total. The number of carbonyl (C=O) groups is 1. The zero-order chi connectivity index (χ0) is 16.7. The number of ether oxygens (including phenoxy) is 1. The highest BCUT2D eigenvalue weighted by molar-refractivity contribution is 6.05. The third-order valence-electron chi connectivity index (χ3n) is 5.90. The highest BCUT2D eigenvalue weighted by Crippen LogP contribution is 2.46. The highest BCUT2D eigenvalue weighted by atomic mass is 16.5. The first-order chi connectivity index (χ1) is 11.6. The van der Waals surface area contributed by atoms with E-state index in [9.17, 15) is 4.79 Å². The summed E-state index contributed by atoms with van der Waals surface area (Å²) in [5.74, 6) is 0.936. The normalized spacial score (nSPS) is 27.2. The Labute approximate surface area is 142 Å². The number of likely N-dealkylation sites (tertiary alicyclic amines) is 1. The number of nitrogens with zero attached hydrogens (tertiary/aromatic N) is 1. The van der Waals surface area contributed by atoms with Crippen molar-refractivity contribution >= 4 is 16.9 Å². The molecule has 128 valence electrons. The number of aryl methyl sites for hydroxylation is 1. The van der Waals surface area contributed by atoms with Gasteiger partial charge in [-0.05, 0) is 44.7 Å². The number of benzene rings is 1. The molecular formula is C20H25NO3. The van der Waals surface area contributed by atoms with Gasteiger partial charge < -0.3 is 14.1 Å². The van der Waals surface area contributed by atoms with E-state index in [0.717, 1.165) is 37.1 Å². The van der Waals surface area contributed by atoms with Crippen molar-refractivity contribution < 1.29 is 13.9 Å². The minimum Gasteiger partial charge on any atom is -0.461 e. The van der Waals surface area contributed by atoms with Crippen molar-refractivity contribution in [2.75, 3.05) is 20.2 Å². The molecule has 1 spiro atoms. The summed E-state index contributed by atoms with van der Waals surface area (Å²) < 4.78 is 11.6. The van der Waals surface area contributed by atoms with Gasteiger partial charge in [-0.3, -0.25) is 4.79 Å². The lowest BCUT2D eigenvalue weighted by molar-refractivity contribution is -0.0295. The molecule has 0 unspecified atom stereocenters. The molecule has 1 saturated carbocycles. The Balaban J connectivity index is 1.64. The van der Waals surface area contributed by atoms with E-state index < -0.39 is 0 Å². The minimum atomic E-state index is 0.0933. The van der Waals surface area contributed by atoms with Gasteiger partial charge in [0.2, 0.25) is 0 Å². The fraction of sp³-hybridized carbons (Fsp3) is 0.550. The largest absolute Gasteiger partial charge is 0.461 e. The Kier molecular flexibility index (Phi) is 3.87. The summed E-state index contributed by atoms with van der Waals surface area (Å²) in [7, 11) is 1.81. The molecule has 1 aromatic carbocycles. The number of furan rings is 1. The molecule has 1 aliphatic heterocycles. The van der Waals surface area contributed by atoms with Crippen LogP contribution in [-0.2, 0) is 4.74 Å². The first kappa shape index (κ1) is 15.7. The molecule has 1 aliphatic carbocycles. The van der Waals surface area contributed by atoms with Crippen LogP contribution < -0.4 is 0 Å². The zero-order valence-electron chi connectivity index (χ0n) is 14.5. The van der Waals surface area contributed by atoms with E-state index in [2.05, 4.69) is 0 Å². The molecule has 2 aliphatic rings. The van der Waals surface area contributed by atoms with Gasteiger partial charge in [0.05, 0.1) is 11.7 Å². The lowest BCUT2D eigenvalue weighted by Gasteiger charge is -2.43. The van der Waals surface area contributed by atoms with Crippen molar-refractivity contribution in [3.05, 3.63) is 35.6 Å². The second-order valence-corrected chi connectivity index (χ2v) is 7.39. The number of methoxy groups -OCH3 is 1. The summed E-state index contributed by atoms with van der Waals surface area (Å²) in [4.78, 5) is 15.2. The molecule has 2 atom stereocenters. The number of hydrogen-bond donors (Lipinski definition) is 0. The second-order valence-electron chi connectivity index (χ2n) is 7.39. The van der Waals surface area contributed by atoms with Gasteiger partial charge in [-0.1, -0.05) is 18.6 Å². The first-order valence-electron chi connectivity index (χ1n) is 8.94. The van der Waals surface area contributed by atoms with Crippen LogP contribution >= 0.6 is 0 Å². The van der Waals surface area contributed by atoms with Crippen molar-refractivity contribution in [3.63, 3.8) is 0 Å². The van der Waals surface area contributed by atoms with Gasteiger partial charge in [0.25, 0.3) is 5.91 Å². The molecule has 24 heavy (non-hydrogen) atoms. The predicted octanol–water partition coefficient (Wildman–Crippen LogP) is 4.16. The predicted molar refractivity (Wildman–Crippen MR) is 93.2 cm³/mol. The van der Waals surface area contributed by atoms with Gasteiger partial charge >= 0.3 is 0 Å². The Morgan fingerprint density at radius 2 is 2.17 bits per heavy atom. The van der Waals surface area contributed by atoms with E-state index in [1.54, 1.807) is 0 Å². The third kappa shape index (κ3) is 2.44. The number of fused-ring (bicyclic) bond motifs is 1. The molecule has 0 bridgehead atoms. The Bertz CT molecular complexity index is 765. The van der Waals surface area contributed by atoms with Crippen LogP contribution in [0, 0.1) is 12.3 Å². The van der Waals surface area contributed by atoms with Crippen LogP contribution in [0.4, 0.5) is 0 Å². The van der Waals surface area contributed by atoms with Crippen molar-refractivity contribution in [1.82, 2.24) is 4.90 Å². The summed E-state index contributed by atoms with van der Waals surface area (Å²) in [5, 5.41) is 1.00. The van der Waals surface area contributed by atoms with Crippen molar-refractivity contribution in [2.45, 2.75) is 45.1 Å². The zero-order valence-corrected chi connectivity index (χ0v) is 14.5. The van der Waals surface area contributed by atoms with E-state index in [1.807, 2.05) is 43.2 Å². The SMILES string of the molecule is CO[C@@H]1CCC[C@]12CCCN(C(=O)c1cccc3cc(C)oc13)C2. The van der Waals surface area contributed by atoms with Gasteiger partial charge in [0.15, 0.2) is 0 Å². The molecule has 1 saturated heterocycles. The van der Waals surface area contributed by atoms with Gasteiger partial charge in [-0.25, -0.2) is 0 Å². The van der Waals surface area contributed by atoms with E-state index in [0.29, 0.717) is 11.1 Å². The van der Waals surface area contributed by atoms with Gasteiger partial charge in [0, 0.05) is 31.0 Å². The van der Waals surface area contributed by atoms with Crippen molar-refractivity contribution in [3.8, 4) is 0 Å². The number of carbonyl (C=O) groups excluding carboxylic acids is 1. The molecular weight excluding hydrogens is 302 g/mol. The summed E-state index contributed by atoms with van der Waals surface area (Å²) >= 11 is 0. The molecule has 1 aromatic heterocycles. The summed E-state index contributed by atoms with van der Waals surface area (Å²) in [6.07, 6.45) is 5.99. The lowest BCUT2D eigenvalue weighted by atomic mass is 9.76. The van der Waals surface area contributed by atoms with Crippen LogP contribution in [0.2, 0.25) is 0 Å². The maximum atomic E-state index is 13.2. The van der Waals surface area contributed by atoms with Crippen molar-refractivity contribution in [2.24, 2.45) is 5.41 Å². The summed E-state index contributed by atoms with van der Waals surface area (Å²) in [6, 6.07) is 7.81. The minimum absolute atomic E-state index is 0.0933. The van der Waals surface area contributed by atoms with Crippen LogP contribution in [0.5, 0.6) is 0 Å². The number of piperidine rings is 1. The Hall–Kier alpha value is -1.81. The topological polar surface area (TPSA) is 42.7 Å². The van der Waals surface area contributed by atoms with E-state index in [1.165, 1.54) is 19.3 Å². The van der Waals surface area contributed by atoms with E-state index in [4.69, 9.17) is 9.15 Å². The smallest absolute Gasteiger partial charge is 0.257 e. The third-order valence-corrected chi connectivity index (χ3v) is 5.90. The highest BCUT2D eigenvalue weighted by Gasteiger charge is 2.46. The molecule has 2 heterocycles. The van der Waals surface area contributed by atoms with Crippen LogP contribution in [-0.4, -0.2) is 37.1 Å². The van der Waals surface area contributed by atoms with Crippen LogP contribution in [0.15, 0.2) is 28.7 Å². The Morgan fingerprint density at radius 3 is 3.00 bits per heavy atom. The molecule has 4 rings (SSSR count). The molecule has 4 heteroatoms.